The average Bonchev–Trinajstić information content (AvgIpc) is 3.07. The van der Waals surface area contributed by atoms with Gasteiger partial charge >= 0.3 is 0 Å². The number of aromatic nitrogens is 2. The Morgan fingerprint density at radius 1 is 1.38 bits per heavy atom. The molecule has 2 fully saturated rings. The first-order valence-electron chi connectivity index (χ1n) is 5.63. The summed E-state index contributed by atoms with van der Waals surface area (Å²) in [5.41, 5.74) is 6.03. The number of hydrogen-bond acceptors (Lipinski definition) is 6. The van der Waals surface area contributed by atoms with Crippen molar-refractivity contribution in [1.29, 1.82) is 0 Å². The molecule has 3 rings (SSSR count). The van der Waals surface area contributed by atoms with Crippen molar-refractivity contribution < 1.29 is 4.52 Å². The smallest absolute Gasteiger partial charge is 0.243 e. The second kappa shape index (κ2) is 4.58. The van der Waals surface area contributed by atoms with Gasteiger partial charge in [-0.2, -0.15) is 16.7 Å². The fourth-order valence-electron chi connectivity index (χ4n) is 1.81. The van der Waals surface area contributed by atoms with Gasteiger partial charge in [-0.05, 0) is 18.8 Å². The summed E-state index contributed by atoms with van der Waals surface area (Å²) in [6, 6.07) is -0.0394. The molecule has 0 aromatic carbocycles. The van der Waals surface area contributed by atoms with Gasteiger partial charge in [0.2, 0.25) is 5.89 Å². The minimum atomic E-state index is -0.0394. The molecular weight excluding hydrogens is 242 g/mol. The molecule has 2 unspecified atom stereocenters. The lowest BCUT2D eigenvalue weighted by atomic mass is 10.2. The van der Waals surface area contributed by atoms with Crippen LogP contribution < -0.4 is 5.73 Å². The molecule has 2 atom stereocenters. The van der Waals surface area contributed by atoms with Gasteiger partial charge in [-0.15, -0.1) is 11.8 Å². The molecule has 0 spiro atoms. The van der Waals surface area contributed by atoms with Crippen LogP contribution in [0.5, 0.6) is 0 Å². The maximum absolute atomic E-state index is 6.03. The molecule has 4 nitrogen and oxygen atoms in total. The summed E-state index contributed by atoms with van der Waals surface area (Å²) in [5, 5.41) is 4.46. The van der Waals surface area contributed by atoms with Crippen molar-refractivity contribution in [2.75, 3.05) is 17.3 Å². The quantitative estimate of drug-likeness (QED) is 0.893. The summed E-state index contributed by atoms with van der Waals surface area (Å²) in [4.78, 5) is 4.46. The van der Waals surface area contributed by atoms with Gasteiger partial charge in [-0.3, -0.25) is 0 Å². The zero-order valence-electron chi connectivity index (χ0n) is 8.96. The second-order valence-electron chi connectivity index (χ2n) is 4.29. The number of nitrogens with two attached hydrogens (primary N) is 1. The Labute approximate surface area is 103 Å². The normalized spacial score (nSPS) is 27.9. The van der Waals surface area contributed by atoms with Crippen LogP contribution >= 0.6 is 23.5 Å². The molecule has 0 amide bonds. The third-order valence-electron chi connectivity index (χ3n) is 2.98. The average molecular weight is 257 g/mol. The van der Waals surface area contributed by atoms with E-state index in [1.807, 2.05) is 23.5 Å². The van der Waals surface area contributed by atoms with Crippen molar-refractivity contribution in [2.45, 2.75) is 24.1 Å². The van der Waals surface area contributed by atoms with Gasteiger partial charge in [0, 0.05) is 17.3 Å². The highest BCUT2D eigenvalue weighted by atomic mass is 32.2. The molecule has 2 heterocycles. The largest absolute Gasteiger partial charge is 0.338 e. The van der Waals surface area contributed by atoms with E-state index in [-0.39, 0.29) is 6.04 Å². The van der Waals surface area contributed by atoms with E-state index in [1.54, 1.807) is 0 Å². The maximum atomic E-state index is 6.03. The van der Waals surface area contributed by atoms with E-state index >= 15 is 0 Å². The highest BCUT2D eigenvalue weighted by Gasteiger charge is 2.34. The van der Waals surface area contributed by atoms with Gasteiger partial charge in [-0.1, -0.05) is 5.16 Å². The number of thioether (sulfide) groups is 2. The molecule has 0 radical (unpaired) electrons. The van der Waals surface area contributed by atoms with Crippen molar-refractivity contribution in [1.82, 2.24) is 10.1 Å². The number of nitrogens with zero attached hydrogens (tertiary/aromatic N) is 2. The monoisotopic (exact) mass is 257 g/mol. The first kappa shape index (κ1) is 10.9. The van der Waals surface area contributed by atoms with Gasteiger partial charge in [0.25, 0.3) is 0 Å². The Balaban J connectivity index is 1.70. The standard InChI is InChI=1S/C10H15N3OS2/c11-8(6-1-2-6)10-12-9(13-14-10)7-5-15-3-4-16-7/h6-8H,1-5,11H2. The fraction of sp³-hybridized carbons (Fsp3) is 0.800. The summed E-state index contributed by atoms with van der Waals surface area (Å²) in [6.45, 7) is 0. The van der Waals surface area contributed by atoms with Crippen LogP contribution in [-0.4, -0.2) is 27.4 Å². The van der Waals surface area contributed by atoms with Crippen LogP contribution in [0.25, 0.3) is 0 Å². The molecule has 16 heavy (non-hydrogen) atoms. The number of hydrogen-bond donors (Lipinski definition) is 1. The molecule has 2 N–H and O–H groups in total. The van der Waals surface area contributed by atoms with Crippen molar-refractivity contribution >= 4 is 23.5 Å². The van der Waals surface area contributed by atoms with E-state index in [2.05, 4.69) is 10.1 Å². The summed E-state index contributed by atoms with van der Waals surface area (Å²) in [7, 11) is 0. The maximum Gasteiger partial charge on any atom is 0.243 e. The van der Waals surface area contributed by atoms with E-state index in [1.165, 1.54) is 24.3 Å². The van der Waals surface area contributed by atoms with Gasteiger partial charge < -0.3 is 10.3 Å². The highest BCUT2D eigenvalue weighted by molar-refractivity contribution is 8.06. The fourth-order valence-corrected chi connectivity index (χ4v) is 4.40. The van der Waals surface area contributed by atoms with Crippen molar-refractivity contribution in [3.8, 4) is 0 Å². The Morgan fingerprint density at radius 2 is 2.25 bits per heavy atom. The lowest BCUT2D eigenvalue weighted by molar-refractivity contribution is 0.340. The Morgan fingerprint density at radius 3 is 2.94 bits per heavy atom. The van der Waals surface area contributed by atoms with E-state index in [9.17, 15) is 0 Å². The zero-order chi connectivity index (χ0) is 11.0. The minimum Gasteiger partial charge on any atom is -0.338 e. The van der Waals surface area contributed by atoms with E-state index in [0.717, 1.165) is 11.6 Å². The van der Waals surface area contributed by atoms with Crippen LogP contribution in [-0.2, 0) is 0 Å². The van der Waals surface area contributed by atoms with Crippen LogP contribution in [0.1, 0.15) is 35.8 Å². The van der Waals surface area contributed by atoms with Crippen molar-refractivity contribution in [2.24, 2.45) is 11.7 Å². The van der Waals surface area contributed by atoms with Gasteiger partial charge in [0.15, 0.2) is 5.82 Å². The van der Waals surface area contributed by atoms with Crippen LogP contribution in [0.15, 0.2) is 4.52 Å². The van der Waals surface area contributed by atoms with E-state index in [0.29, 0.717) is 17.1 Å². The summed E-state index contributed by atoms with van der Waals surface area (Å²) >= 11 is 3.88. The Kier molecular flexibility index (Phi) is 3.13. The predicted molar refractivity (Wildman–Crippen MR) is 66.5 cm³/mol. The zero-order valence-corrected chi connectivity index (χ0v) is 10.6. The first-order chi connectivity index (χ1) is 7.84. The SMILES string of the molecule is NC(c1nc(C2CSCCS2)no1)C1CC1. The Hall–Kier alpha value is -0.200. The molecule has 0 bridgehead atoms. The molecule has 1 aliphatic heterocycles. The topological polar surface area (TPSA) is 64.9 Å². The van der Waals surface area contributed by atoms with Crippen LogP contribution in [0.4, 0.5) is 0 Å². The third kappa shape index (κ3) is 2.24. The van der Waals surface area contributed by atoms with Crippen molar-refractivity contribution in [3.05, 3.63) is 11.7 Å². The highest BCUT2D eigenvalue weighted by Crippen LogP contribution is 2.40. The third-order valence-corrected chi connectivity index (χ3v) is 5.73. The summed E-state index contributed by atoms with van der Waals surface area (Å²) in [6.07, 6.45) is 2.40. The van der Waals surface area contributed by atoms with Crippen LogP contribution in [0.2, 0.25) is 0 Å². The molecule has 1 aromatic heterocycles. The minimum absolute atomic E-state index is 0.0394. The van der Waals surface area contributed by atoms with Crippen LogP contribution in [0, 0.1) is 5.92 Å². The predicted octanol–water partition coefficient (Wildman–Crippen LogP) is 2.00. The van der Waals surface area contributed by atoms with E-state index in [4.69, 9.17) is 10.3 Å². The molecule has 1 saturated carbocycles. The molecule has 1 aliphatic carbocycles. The molecular formula is C10H15N3OS2. The molecule has 88 valence electrons. The van der Waals surface area contributed by atoms with Gasteiger partial charge in [0.1, 0.15) is 0 Å². The number of rotatable bonds is 3. The lowest BCUT2D eigenvalue weighted by Crippen LogP contribution is -2.13. The second-order valence-corrected chi connectivity index (χ2v) is 6.75. The van der Waals surface area contributed by atoms with E-state index < -0.39 is 0 Å². The Bertz CT molecular complexity index is 361. The lowest BCUT2D eigenvalue weighted by Gasteiger charge is -2.17. The molecule has 6 heteroatoms. The van der Waals surface area contributed by atoms with Gasteiger partial charge in [-0.25, -0.2) is 0 Å². The van der Waals surface area contributed by atoms with Crippen LogP contribution in [0.3, 0.4) is 0 Å². The van der Waals surface area contributed by atoms with Crippen molar-refractivity contribution in [3.63, 3.8) is 0 Å². The summed E-state index contributed by atoms with van der Waals surface area (Å²) in [5.74, 6) is 5.53. The molecule has 2 aliphatic rings. The molecule has 1 saturated heterocycles. The summed E-state index contributed by atoms with van der Waals surface area (Å²) < 4.78 is 5.27. The van der Waals surface area contributed by atoms with Gasteiger partial charge in [0.05, 0.1) is 11.3 Å². The first-order valence-corrected chi connectivity index (χ1v) is 7.83. The molecule has 1 aromatic rings.